The molecule has 0 N–H and O–H groups in total. The molecule has 41 heavy (non-hydrogen) atoms. The molecule has 212 valence electrons. The van der Waals surface area contributed by atoms with Crippen LogP contribution in [-0.2, 0) is 23.8 Å². The summed E-state index contributed by atoms with van der Waals surface area (Å²) in [6.07, 6.45) is 0. The Hall–Kier alpha value is -3.92. The van der Waals surface area contributed by atoms with Crippen molar-refractivity contribution in [1.29, 1.82) is 0 Å². The lowest BCUT2D eigenvalue weighted by Crippen LogP contribution is -2.19. The van der Waals surface area contributed by atoms with E-state index in [1.165, 1.54) is 22.7 Å². The van der Waals surface area contributed by atoms with Gasteiger partial charge in [0.2, 0.25) is 11.6 Å². The molecule has 2 aromatic heterocycles. The van der Waals surface area contributed by atoms with Gasteiger partial charge in [0.15, 0.2) is 0 Å². The molecule has 0 saturated heterocycles. The van der Waals surface area contributed by atoms with E-state index in [4.69, 9.17) is 14.2 Å². The number of hydrogen-bond acceptors (Lipinski definition) is 9. The van der Waals surface area contributed by atoms with Crippen molar-refractivity contribution in [2.45, 2.75) is 25.7 Å². The highest BCUT2D eigenvalue weighted by atomic mass is 32.1. The van der Waals surface area contributed by atoms with Gasteiger partial charge in [0.25, 0.3) is 0 Å². The van der Waals surface area contributed by atoms with Crippen LogP contribution in [-0.4, -0.2) is 49.9 Å². The number of carbonyl (C=O) groups is 4. The van der Waals surface area contributed by atoms with E-state index in [2.05, 4.69) is 0 Å². The van der Waals surface area contributed by atoms with Crippen LogP contribution >= 0.6 is 22.7 Å². The molecule has 0 aliphatic heterocycles. The maximum atomic E-state index is 12.4. The van der Waals surface area contributed by atoms with Gasteiger partial charge in [0.05, 0.1) is 34.8 Å². The Bertz CT molecular complexity index is 1330. The summed E-state index contributed by atoms with van der Waals surface area (Å²) in [7, 11) is 0. The molecule has 0 aliphatic rings. The fourth-order valence-corrected chi connectivity index (χ4v) is 5.34. The lowest BCUT2D eigenvalue weighted by molar-refractivity contribution is -0.148. The number of ether oxygens (including phenoxy) is 3. The first-order chi connectivity index (χ1) is 19.8. The van der Waals surface area contributed by atoms with Crippen molar-refractivity contribution in [1.82, 2.24) is 0 Å². The molecule has 0 radical (unpaired) electrons. The van der Waals surface area contributed by atoms with Crippen molar-refractivity contribution in [2.75, 3.05) is 26.4 Å². The molecular formula is C32H30O7S2. The third kappa shape index (κ3) is 8.07. The van der Waals surface area contributed by atoms with E-state index < -0.39 is 23.8 Å². The van der Waals surface area contributed by atoms with Crippen LogP contribution < -0.4 is 0 Å². The van der Waals surface area contributed by atoms with Gasteiger partial charge in [-0.15, -0.1) is 22.7 Å². The summed E-state index contributed by atoms with van der Waals surface area (Å²) >= 11 is 2.78. The summed E-state index contributed by atoms with van der Waals surface area (Å²) in [6, 6.07) is 21.2. The third-order valence-electron chi connectivity index (χ3n) is 6.49. The first-order valence-electron chi connectivity index (χ1n) is 13.1. The van der Waals surface area contributed by atoms with Gasteiger partial charge in [-0.25, -0.2) is 0 Å². The van der Waals surface area contributed by atoms with Crippen molar-refractivity contribution >= 4 is 46.2 Å². The maximum absolute atomic E-state index is 12.4. The predicted octanol–water partition coefficient (Wildman–Crippen LogP) is 6.28. The molecular weight excluding hydrogens is 560 g/mol. The molecule has 0 saturated carbocycles. The highest BCUT2D eigenvalue weighted by Gasteiger charge is 2.19. The summed E-state index contributed by atoms with van der Waals surface area (Å²) in [6.45, 7) is 3.96. The first kappa shape index (κ1) is 30.0. The van der Waals surface area contributed by atoms with Crippen LogP contribution in [0.3, 0.4) is 0 Å². The minimum atomic E-state index is -0.494. The van der Waals surface area contributed by atoms with Gasteiger partial charge in [-0.3, -0.25) is 19.2 Å². The van der Waals surface area contributed by atoms with E-state index in [1.807, 2.05) is 22.9 Å². The molecule has 0 amide bonds. The highest BCUT2D eigenvalue weighted by molar-refractivity contribution is 7.12. The standard InChI is InChI=1S/C32H30O7S2/c1-21(23-7-11-25(12-8-23)29(33)27-5-3-19-40-27)31(35)38-17-15-37-16-18-39-32(36)22(2)24-9-13-26(14-10-24)30(34)28-6-4-20-41-28/h3-14,19-22H,15-18H2,1-2H3/t21-,22-/m0/s1. The van der Waals surface area contributed by atoms with Crippen LogP contribution in [0.2, 0.25) is 0 Å². The molecule has 2 aromatic carbocycles. The van der Waals surface area contributed by atoms with Crippen molar-refractivity contribution in [3.05, 3.63) is 116 Å². The van der Waals surface area contributed by atoms with Crippen LogP contribution in [0.1, 0.15) is 67.3 Å². The normalized spacial score (nSPS) is 12.3. The number of esters is 2. The summed E-state index contributed by atoms with van der Waals surface area (Å²) in [4.78, 5) is 51.1. The lowest BCUT2D eigenvalue weighted by Gasteiger charge is -2.13. The van der Waals surface area contributed by atoms with E-state index in [-0.39, 0.29) is 38.0 Å². The van der Waals surface area contributed by atoms with Crippen LogP contribution in [0, 0.1) is 0 Å². The van der Waals surface area contributed by atoms with Crippen molar-refractivity contribution < 1.29 is 33.4 Å². The van der Waals surface area contributed by atoms with Gasteiger partial charge >= 0.3 is 11.9 Å². The second kappa shape index (κ2) is 14.6. The third-order valence-corrected chi connectivity index (χ3v) is 8.22. The molecule has 2 heterocycles. The number of hydrogen-bond donors (Lipinski definition) is 0. The van der Waals surface area contributed by atoms with Gasteiger partial charge in [0.1, 0.15) is 13.2 Å². The van der Waals surface area contributed by atoms with E-state index >= 15 is 0 Å². The van der Waals surface area contributed by atoms with Gasteiger partial charge < -0.3 is 14.2 Å². The van der Waals surface area contributed by atoms with Crippen molar-refractivity contribution in [3.63, 3.8) is 0 Å². The highest BCUT2D eigenvalue weighted by Crippen LogP contribution is 2.22. The van der Waals surface area contributed by atoms with Gasteiger partial charge in [-0.05, 0) is 47.9 Å². The zero-order chi connectivity index (χ0) is 29.2. The topological polar surface area (TPSA) is 96.0 Å². The summed E-state index contributed by atoms with van der Waals surface area (Å²) < 4.78 is 16.0. The quantitative estimate of drug-likeness (QED) is 0.0969. The van der Waals surface area contributed by atoms with E-state index in [1.54, 1.807) is 74.5 Å². The molecule has 0 unspecified atom stereocenters. The monoisotopic (exact) mass is 590 g/mol. The molecule has 4 rings (SSSR count). The number of carbonyl (C=O) groups excluding carboxylic acids is 4. The summed E-state index contributed by atoms with van der Waals surface area (Å²) in [5, 5.41) is 3.72. The number of benzene rings is 2. The minimum Gasteiger partial charge on any atom is -0.463 e. The molecule has 9 heteroatoms. The SMILES string of the molecule is C[C@H](C(=O)OCCOCCOC(=O)[C@@H](C)c1ccc(C(=O)c2cccs2)cc1)c1ccc(C(=O)c2cccs2)cc1. The number of ketones is 2. The van der Waals surface area contributed by atoms with Crippen LogP contribution in [0.15, 0.2) is 83.6 Å². The Morgan fingerprint density at radius 2 is 0.976 bits per heavy atom. The van der Waals surface area contributed by atoms with E-state index in [0.717, 1.165) is 11.1 Å². The van der Waals surface area contributed by atoms with E-state index in [9.17, 15) is 19.2 Å². The fraction of sp³-hybridized carbons (Fsp3) is 0.250. The smallest absolute Gasteiger partial charge is 0.313 e. The van der Waals surface area contributed by atoms with Crippen LogP contribution in [0.4, 0.5) is 0 Å². The van der Waals surface area contributed by atoms with Crippen LogP contribution in [0.25, 0.3) is 0 Å². The largest absolute Gasteiger partial charge is 0.463 e. The Morgan fingerprint density at radius 3 is 1.32 bits per heavy atom. The van der Waals surface area contributed by atoms with Gasteiger partial charge in [0, 0.05) is 11.1 Å². The maximum Gasteiger partial charge on any atom is 0.313 e. The average Bonchev–Trinajstić information content (AvgIpc) is 3.74. The van der Waals surface area contributed by atoms with Crippen molar-refractivity contribution in [3.8, 4) is 0 Å². The molecule has 7 nitrogen and oxygen atoms in total. The van der Waals surface area contributed by atoms with Crippen molar-refractivity contribution in [2.24, 2.45) is 0 Å². The molecule has 0 fully saturated rings. The number of rotatable bonds is 14. The molecule has 2 atom stereocenters. The first-order valence-corrected chi connectivity index (χ1v) is 14.9. The fourth-order valence-electron chi connectivity index (χ4n) is 3.97. The molecule has 0 aliphatic carbocycles. The Kier molecular flexibility index (Phi) is 10.7. The minimum absolute atomic E-state index is 0.0455. The lowest BCUT2D eigenvalue weighted by atomic mass is 9.98. The van der Waals surface area contributed by atoms with Gasteiger partial charge in [-0.2, -0.15) is 0 Å². The van der Waals surface area contributed by atoms with Crippen LogP contribution in [0.5, 0.6) is 0 Å². The zero-order valence-electron chi connectivity index (χ0n) is 22.7. The second-order valence-corrected chi connectivity index (χ2v) is 11.1. The van der Waals surface area contributed by atoms with E-state index in [0.29, 0.717) is 20.9 Å². The molecule has 0 bridgehead atoms. The molecule has 0 spiro atoms. The average molecular weight is 591 g/mol. The zero-order valence-corrected chi connectivity index (χ0v) is 24.4. The summed E-state index contributed by atoms with van der Waals surface area (Å²) in [5.74, 6) is -1.87. The Labute approximate surface area is 246 Å². The Balaban J connectivity index is 1.11. The second-order valence-electron chi connectivity index (χ2n) is 9.25. The summed E-state index contributed by atoms with van der Waals surface area (Å²) in [5.41, 5.74) is 2.64. The van der Waals surface area contributed by atoms with Gasteiger partial charge in [-0.1, -0.05) is 60.7 Å². The predicted molar refractivity (Wildman–Crippen MR) is 158 cm³/mol. The molecule has 4 aromatic rings. The Morgan fingerprint density at radius 1 is 0.585 bits per heavy atom. The number of thiophene rings is 2.